The first-order valence-corrected chi connectivity index (χ1v) is 5.79. The molecule has 0 aliphatic heterocycles. The molecular weight excluding hydrogens is 246 g/mol. The number of hydrogen-bond acceptors (Lipinski definition) is 2. The van der Waals surface area contributed by atoms with Crippen LogP contribution in [0.4, 0.5) is 0 Å². The van der Waals surface area contributed by atoms with Gasteiger partial charge in [-0.2, -0.15) is 0 Å². The normalized spacial score (nSPS) is 9.61. The van der Waals surface area contributed by atoms with Crippen molar-refractivity contribution in [3.05, 3.63) is 65.7 Å². The van der Waals surface area contributed by atoms with Crippen molar-refractivity contribution in [3.63, 3.8) is 0 Å². The second kappa shape index (κ2) is 7.75. The summed E-state index contributed by atoms with van der Waals surface area (Å²) in [5.74, 6) is 0.918. The largest absolute Gasteiger partial charge is 1.00 e. The van der Waals surface area contributed by atoms with E-state index in [1.54, 1.807) is 0 Å². The highest BCUT2D eigenvalue weighted by molar-refractivity contribution is 5.28. The van der Waals surface area contributed by atoms with Crippen LogP contribution in [0.25, 0.3) is 0 Å². The Morgan fingerprint density at radius 2 is 1.67 bits per heavy atom. The van der Waals surface area contributed by atoms with Crippen molar-refractivity contribution in [1.29, 1.82) is 0 Å². The fourth-order valence-electron chi connectivity index (χ4n) is 1.69. The monoisotopic (exact) mass is 262 g/mol. The third-order valence-electron chi connectivity index (χ3n) is 2.53. The fourth-order valence-corrected chi connectivity index (χ4v) is 1.69. The minimum absolute atomic E-state index is 0. The Bertz CT molecular complexity index is 459. The van der Waals surface area contributed by atoms with Crippen LogP contribution in [0.2, 0.25) is 0 Å². The lowest BCUT2D eigenvalue weighted by Gasteiger charge is -2.08. The van der Waals surface area contributed by atoms with Gasteiger partial charge in [0.25, 0.3) is 0 Å². The van der Waals surface area contributed by atoms with Gasteiger partial charge in [0.1, 0.15) is 12.4 Å². The molecule has 2 aromatic carbocycles. The maximum Gasteiger partial charge on any atom is 0.120 e. The topological polar surface area (TPSA) is 21.3 Å². The number of hydrogen-bond donors (Lipinski definition) is 1. The van der Waals surface area contributed by atoms with E-state index in [1.165, 1.54) is 11.1 Å². The molecule has 0 atom stereocenters. The molecule has 0 saturated carbocycles. The van der Waals surface area contributed by atoms with Crippen LogP contribution < -0.4 is 22.5 Å². The molecule has 0 aliphatic carbocycles. The van der Waals surface area contributed by atoms with Gasteiger partial charge in [-0.25, -0.2) is 0 Å². The fraction of sp³-hybridized carbons (Fsp3) is 0.200. The molecule has 1 N–H and O–H groups in total. The van der Waals surface area contributed by atoms with Gasteiger partial charge in [0.15, 0.2) is 0 Å². The maximum absolute atomic E-state index is 5.75. The predicted molar refractivity (Wildman–Crippen MR) is 70.0 cm³/mol. The summed E-state index contributed by atoms with van der Waals surface area (Å²) in [6, 6.07) is 18.4. The first kappa shape index (κ1) is 14.6. The molecular formula is C15H17ClNO-. The number of halogens is 1. The molecule has 0 bridgehead atoms. The summed E-state index contributed by atoms with van der Waals surface area (Å²) in [7, 11) is 1.94. The average molecular weight is 263 g/mol. The van der Waals surface area contributed by atoms with Crippen molar-refractivity contribution in [2.45, 2.75) is 13.2 Å². The van der Waals surface area contributed by atoms with E-state index in [2.05, 4.69) is 29.6 Å². The molecule has 2 rings (SSSR count). The standard InChI is InChI=1S/C15H17NO.ClH/c1-16-11-14-8-5-9-15(10-14)17-12-13-6-3-2-4-7-13;/h2-10,16H,11-12H2,1H3;1H/p-1. The van der Waals surface area contributed by atoms with Crippen molar-refractivity contribution < 1.29 is 17.1 Å². The van der Waals surface area contributed by atoms with Crippen LogP contribution in [-0.2, 0) is 13.2 Å². The van der Waals surface area contributed by atoms with Crippen molar-refractivity contribution in [3.8, 4) is 5.75 Å². The lowest BCUT2D eigenvalue weighted by Crippen LogP contribution is -3.00. The summed E-state index contributed by atoms with van der Waals surface area (Å²) >= 11 is 0. The summed E-state index contributed by atoms with van der Waals surface area (Å²) in [5.41, 5.74) is 2.42. The SMILES string of the molecule is CNCc1cccc(OCc2ccccc2)c1.[Cl-]. The van der Waals surface area contributed by atoms with Gasteiger partial charge < -0.3 is 22.5 Å². The van der Waals surface area contributed by atoms with E-state index >= 15 is 0 Å². The van der Waals surface area contributed by atoms with Gasteiger partial charge in [-0.1, -0.05) is 42.5 Å². The second-order valence-corrected chi connectivity index (χ2v) is 3.95. The highest BCUT2D eigenvalue weighted by Gasteiger charge is 1.97. The predicted octanol–water partition coefficient (Wildman–Crippen LogP) is -0.0110. The van der Waals surface area contributed by atoms with Crippen LogP contribution >= 0.6 is 0 Å². The molecule has 0 aromatic heterocycles. The van der Waals surface area contributed by atoms with Gasteiger partial charge in [-0.05, 0) is 30.3 Å². The maximum atomic E-state index is 5.75. The molecule has 0 spiro atoms. The van der Waals surface area contributed by atoms with Crippen LogP contribution in [-0.4, -0.2) is 7.05 Å². The van der Waals surface area contributed by atoms with Crippen molar-refractivity contribution in [2.75, 3.05) is 7.05 Å². The molecule has 0 amide bonds. The summed E-state index contributed by atoms with van der Waals surface area (Å²) in [6.45, 7) is 1.48. The molecule has 0 unspecified atom stereocenters. The Kier molecular flexibility index (Phi) is 6.26. The summed E-state index contributed by atoms with van der Waals surface area (Å²) < 4.78 is 5.75. The molecule has 0 aliphatic rings. The number of ether oxygens (including phenoxy) is 1. The zero-order valence-corrected chi connectivity index (χ0v) is 11.2. The van der Waals surface area contributed by atoms with Gasteiger partial charge in [-0.3, -0.25) is 0 Å². The summed E-state index contributed by atoms with van der Waals surface area (Å²) in [5, 5.41) is 3.13. The Hall–Kier alpha value is -1.51. The number of nitrogens with one attached hydrogen (secondary N) is 1. The van der Waals surface area contributed by atoms with Crippen molar-refractivity contribution in [1.82, 2.24) is 5.32 Å². The first-order valence-electron chi connectivity index (χ1n) is 5.79. The van der Waals surface area contributed by atoms with Crippen molar-refractivity contribution >= 4 is 0 Å². The van der Waals surface area contributed by atoms with Crippen LogP contribution in [0, 0.1) is 0 Å². The van der Waals surface area contributed by atoms with E-state index in [4.69, 9.17) is 4.74 Å². The van der Waals surface area contributed by atoms with E-state index in [1.807, 2.05) is 37.4 Å². The third-order valence-corrected chi connectivity index (χ3v) is 2.53. The van der Waals surface area contributed by atoms with E-state index < -0.39 is 0 Å². The van der Waals surface area contributed by atoms with Gasteiger partial charge in [0, 0.05) is 6.54 Å². The molecule has 0 saturated heterocycles. The van der Waals surface area contributed by atoms with Crippen LogP contribution in [0.3, 0.4) is 0 Å². The van der Waals surface area contributed by atoms with E-state index in [-0.39, 0.29) is 12.4 Å². The molecule has 0 radical (unpaired) electrons. The molecule has 96 valence electrons. The molecule has 2 nitrogen and oxygen atoms in total. The second-order valence-electron chi connectivity index (χ2n) is 3.95. The molecule has 0 fully saturated rings. The minimum Gasteiger partial charge on any atom is -1.00 e. The summed E-state index contributed by atoms with van der Waals surface area (Å²) in [6.07, 6.45) is 0. The van der Waals surface area contributed by atoms with Gasteiger partial charge >= 0.3 is 0 Å². The lowest BCUT2D eigenvalue weighted by molar-refractivity contribution is -0.00000388. The molecule has 0 heterocycles. The Morgan fingerprint density at radius 3 is 2.39 bits per heavy atom. The molecule has 18 heavy (non-hydrogen) atoms. The Morgan fingerprint density at radius 1 is 0.944 bits per heavy atom. The van der Waals surface area contributed by atoms with Crippen LogP contribution in [0.5, 0.6) is 5.75 Å². The van der Waals surface area contributed by atoms with Crippen LogP contribution in [0.1, 0.15) is 11.1 Å². The highest BCUT2D eigenvalue weighted by atomic mass is 35.5. The average Bonchev–Trinajstić information content (AvgIpc) is 2.39. The van der Waals surface area contributed by atoms with E-state index in [0.717, 1.165) is 12.3 Å². The van der Waals surface area contributed by atoms with E-state index in [0.29, 0.717) is 6.61 Å². The zero-order chi connectivity index (χ0) is 11.9. The minimum atomic E-state index is 0. The number of benzene rings is 2. The third kappa shape index (κ3) is 4.40. The van der Waals surface area contributed by atoms with Gasteiger partial charge in [-0.15, -0.1) is 0 Å². The molecule has 3 heteroatoms. The highest BCUT2D eigenvalue weighted by Crippen LogP contribution is 2.15. The van der Waals surface area contributed by atoms with E-state index in [9.17, 15) is 0 Å². The Labute approximate surface area is 114 Å². The van der Waals surface area contributed by atoms with Gasteiger partial charge in [0.05, 0.1) is 0 Å². The lowest BCUT2D eigenvalue weighted by atomic mass is 10.2. The molecule has 2 aromatic rings. The summed E-state index contributed by atoms with van der Waals surface area (Å²) in [4.78, 5) is 0. The smallest absolute Gasteiger partial charge is 0.120 e. The zero-order valence-electron chi connectivity index (χ0n) is 10.4. The quantitative estimate of drug-likeness (QED) is 0.819. The first-order chi connectivity index (χ1) is 8.38. The Balaban J connectivity index is 0.00000162. The van der Waals surface area contributed by atoms with Crippen molar-refractivity contribution in [2.24, 2.45) is 0 Å². The number of rotatable bonds is 5. The van der Waals surface area contributed by atoms with Crippen LogP contribution in [0.15, 0.2) is 54.6 Å². The van der Waals surface area contributed by atoms with Gasteiger partial charge in [0.2, 0.25) is 0 Å².